The molecule has 0 aliphatic carbocycles. The molecule has 0 aromatic carbocycles. The van der Waals surface area contributed by atoms with Crippen LogP contribution in [0, 0.1) is 5.92 Å². The molecule has 18 heavy (non-hydrogen) atoms. The molecule has 1 unspecified atom stereocenters. The second-order valence-electron chi connectivity index (χ2n) is 5.38. The molecule has 0 rings (SSSR count). The van der Waals surface area contributed by atoms with Gasteiger partial charge in [0.15, 0.2) is 0 Å². The van der Waals surface area contributed by atoms with Crippen LogP contribution in [0.1, 0.15) is 47.5 Å². The second kappa shape index (κ2) is 6.61. The number of hydrogen-bond donors (Lipinski definition) is 2. The summed E-state index contributed by atoms with van der Waals surface area (Å²) in [7, 11) is 1.69. The minimum absolute atomic E-state index is 0.0930. The molecule has 5 heteroatoms. The van der Waals surface area contributed by atoms with Crippen molar-refractivity contribution in [2.75, 3.05) is 7.05 Å². The van der Waals surface area contributed by atoms with Crippen LogP contribution in [-0.4, -0.2) is 40.6 Å². The standard InChI is InChI=1S/C13H26N2O3/c1-7-9(3)10(11(16)17)14-12(18)15(6)13(4,5)8-2/h9-10H,7-8H2,1-6H3,(H,14,18)(H,16,17)/t9?,10-/m0/s1. The molecule has 0 aromatic rings. The number of carbonyl (C=O) groups is 2. The highest BCUT2D eigenvalue weighted by atomic mass is 16.4. The number of rotatable bonds is 6. The molecule has 0 spiro atoms. The van der Waals surface area contributed by atoms with Gasteiger partial charge in [0, 0.05) is 12.6 Å². The number of nitrogens with one attached hydrogen (secondary N) is 1. The Bertz CT molecular complexity index is 303. The maximum atomic E-state index is 12.0. The lowest BCUT2D eigenvalue weighted by molar-refractivity contribution is -0.140. The van der Waals surface area contributed by atoms with E-state index in [4.69, 9.17) is 5.11 Å². The van der Waals surface area contributed by atoms with Gasteiger partial charge in [-0.25, -0.2) is 9.59 Å². The van der Waals surface area contributed by atoms with Crippen LogP contribution in [0.2, 0.25) is 0 Å². The molecule has 5 nitrogen and oxygen atoms in total. The van der Waals surface area contributed by atoms with Gasteiger partial charge < -0.3 is 15.3 Å². The molecule has 0 aromatic heterocycles. The van der Waals surface area contributed by atoms with E-state index in [2.05, 4.69) is 5.32 Å². The maximum absolute atomic E-state index is 12.0. The van der Waals surface area contributed by atoms with Gasteiger partial charge in [-0.2, -0.15) is 0 Å². The summed E-state index contributed by atoms with van der Waals surface area (Å²) in [5, 5.41) is 11.7. The number of carboxylic acids is 1. The number of urea groups is 1. The molecule has 106 valence electrons. The molecule has 0 heterocycles. The Morgan fingerprint density at radius 1 is 1.33 bits per heavy atom. The van der Waals surface area contributed by atoms with Crippen molar-refractivity contribution in [1.29, 1.82) is 0 Å². The highest BCUT2D eigenvalue weighted by molar-refractivity contribution is 5.83. The summed E-state index contributed by atoms with van der Waals surface area (Å²) in [6.45, 7) is 9.63. The van der Waals surface area contributed by atoms with Crippen molar-refractivity contribution in [3.8, 4) is 0 Å². The Kier molecular flexibility index (Phi) is 6.15. The topological polar surface area (TPSA) is 69.6 Å². The molecule has 0 fully saturated rings. The van der Waals surface area contributed by atoms with Crippen LogP contribution in [0.4, 0.5) is 4.79 Å². The van der Waals surface area contributed by atoms with Crippen LogP contribution in [0.15, 0.2) is 0 Å². The third-order valence-electron chi connectivity index (χ3n) is 3.84. The molecule has 0 aliphatic heterocycles. The lowest BCUT2D eigenvalue weighted by atomic mass is 9.98. The van der Waals surface area contributed by atoms with Gasteiger partial charge >= 0.3 is 12.0 Å². The largest absolute Gasteiger partial charge is 0.480 e. The van der Waals surface area contributed by atoms with Crippen molar-refractivity contribution in [1.82, 2.24) is 10.2 Å². The van der Waals surface area contributed by atoms with Gasteiger partial charge in [-0.15, -0.1) is 0 Å². The summed E-state index contributed by atoms with van der Waals surface area (Å²) in [6.07, 6.45) is 1.51. The quantitative estimate of drug-likeness (QED) is 0.768. The average Bonchev–Trinajstić information content (AvgIpc) is 2.33. The fraction of sp³-hybridized carbons (Fsp3) is 0.846. The van der Waals surface area contributed by atoms with Crippen LogP contribution >= 0.6 is 0 Å². The Hall–Kier alpha value is -1.26. The zero-order chi connectivity index (χ0) is 14.5. The third-order valence-corrected chi connectivity index (χ3v) is 3.84. The second-order valence-corrected chi connectivity index (χ2v) is 5.38. The predicted octanol–water partition coefficient (Wildman–Crippen LogP) is 2.32. The van der Waals surface area contributed by atoms with Crippen LogP contribution in [0.5, 0.6) is 0 Å². The normalized spacial score (nSPS) is 14.8. The summed E-state index contributed by atoms with van der Waals surface area (Å²) >= 11 is 0. The number of aliphatic carboxylic acids is 1. The molecule has 2 amide bonds. The molecule has 0 aliphatic rings. The van der Waals surface area contributed by atoms with Gasteiger partial charge in [0.25, 0.3) is 0 Å². The van der Waals surface area contributed by atoms with Gasteiger partial charge in [-0.3, -0.25) is 0 Å². The monoisotopic (exact) mass is 258 g/mol. The molecule has 0 saturated carbocycles. The molecular weight excluding hydrogens is 232 g/mol. The lowest BCUT2D eigenvalue weighted by Crippen LogP contribution is -2.54. The first kappa shape index (κ1) is 16.7. The summed E-state index contributed by atoms with van der Waals surface area (Å²) in [5.41, 5.74) is -0.289. The zero-order valence-corrected chi connectivity index (χ0v) is 12.3. The number of hydrogen-bond acceptors (Lipinski definition) is 2. The summed E-state index contributed by atoms with van der Waals surface area (Å²) in [6, 6.07) is -1.17. The number of amides is 2. The molecule has 0 saturated heterocycles. The van der Waals surface area contributed by atoms with Gasteiger partial charge in [0.1, 0.15) is 6.04 Å². The van der Waals surface area contributed by atoms with E-state index in [9.17, 15) is 9.59 Å². The molecule has 0 radical (unpaired) electrons. The van der Waals surface area contributed by atoms with E-state index in [1.807, 2.05) is 34.6 Å². The van der Waals surface area contributed by atoms with Crippen molar-refractivity contribution < 1.29 is 14.7 Å². The van der Waals surface area contributed by atoms with E-state index in [0.29, 0.717) is 6.42 Å². The third kappa shape index (κ3) is 4.20. The molecule has 2 atom stereocenters. The van der Waals surface area contributed by atoms with Crippen molar-refractivity contribution in [2.24, 2.45) is 5.92 Å². The Morgan fingerprint density at radius 3 is 2.17 bits per heavy atom. The zero-order valence-electron chi connectivity index (χ0n) is 12.3. The van der Waals surface area contributed by atoms with Crippen molar-refractivity contribution in [3.63, 3.8) is 0 Å². The Morgan fingerprint density at radius 2 is 1.83 bits per heavy atom. The van der Waals surface area contributed by atoms with E-state index >= 15 is 0 Å². The fourth-order valence-corrected chi connectivity index (χ4v) is 1.43. The average molecular weight is 258 g/mol. The first-order valence-electron chi connectivity index (χ1n) is 6.44. The van der Waals surface area contributed by atoms with Crippen molar-refractivity contribution in [2.45, 2.75) is 59.0 Å². The first-order valence-corrected chi connectivity index (χ1v) is 6.44. The van der Waals surface area contributed by atoms with Crippen LogP contribution in [0.25, 0.3) is 0 Å². The maximum Gasteiger partial charge on any atom is 0.326 e. The van der Waals surface area contributed by atoms with E-state index in [-0.39, 0.29) is 17.5 Å². The lowest BCUT2D eigenvalue weighted by Gasteiger charge is -2.36. The Balaban J connectivity index is 4.76. The van der Waals surface area contributed by atoms with E-state index in [1.54, 1.807) is 11.9 Å². The predicted molar refractivity (Wildman–Crippen MR) is 71.5 cm³/mol. The van der Waals surface area contributed by atoms with Crippen LogP contribution < -0.4 is 5.32 Å². The molecule has 0 bridgehead atoms. The van der Waals surface area contributed by atoms with Crippen LogP contribution in [0.3, 0.4) is 0 Å². The number of carbonyl (C=O) groups excluding carboxylic acids is 1. The summed E-state index contributed by atoms with van der Waals surface area (Å²) in [4.78, 5) is 24.7. The first-order chi connectivity index (χ1) is 8.17. The van der Waals surface area contributed by atoms with Crippen molar-refractivity contribution in [3.05, 3.63) is 0 Å². The fourth-order valence-electron chi connectivity index (χ4n) is 1.43. The smallest absolute Gasteiger partial charge is 0.326 e. The summed E-state index contributed by atoms with van der Waals surface area (Å²) in [5.74, 6) is -1.08. The Labute approximate surface area is 110 Å². The number of carboxylic acid groups (broad SMARTS) is 1. The highest BCUT2D eigenvalue weighted by Gasteiger charge is 2.30. The van der Waals surface area contributed by atoms with Crippen molar-refractivity contribution >= 4 is 12.0 Å². The highest BCUT2D eigenvalue weighted by Crippen LogP contribution is 2.17. The minimum Gasteiger partial charge on any atom is -0.480 e. The number of nitrogens with zero attached hydrogens (tertiary/aromatic N) is 1. The van der Waals surface area contributed by atoms with Gasteiger partial charge in [-0.1, -0.05) is 27.2 Å². The van der Waals surface area contributed by atoms with Gasteiger partial charge in [-0.05, 0) is 26.2 Å². The SMILES string of the molecule is CCC(C)[C@H](NC(=O)N(C)C(C)(C)CC)C(=O)O. The van der Waals surface area contributed by atoms with Gasteiger partial charge in [0.05, 0.1) is 0 Å². The molecular formula is C13H26N2O3. The van der Waals surface area contributed by atoms with E-state index in [1.165, 1.54) is 0 Å². The van der Waals surface area contributed by atoms with E-state index in [0.717, 1.165) is 6.42 Å². The molecule has 2 N–H and O–H groups in total. The van der Waals surface area contributed by atoms with E-state index < -0.39 is 12.0 Å². The van der Waals surface area contributed by atoms with Gasteiger partial charge in [0.2, 0.25) is 0 Å². The summed E-state index contributed by atoms with van der Waals surface area (Å²) < 4.78 is 0. The van der Waals surface area contributed by atoms with Crippen LogP contribution in [-0.2, 0) is 4.79 Å². The minimum atomic E-state index is -0.986.